The van der Waals surface area contributed by atoms with Gasteiger partial charge >= 0.3 is 5.16 Å². The molecule has 0 unspecified atom stereocenters. The first kappa shape index (κ1) is 17.6. The van der Waals surface area contributed by atoms with E-state index in [0.717, 1.165) is 0 Å². The molecule has 0 fully saturated rings. The van der Waals surface area contributed by atoms with E-state index in [2.05, 4.69) is 23.2 Å². The number of fused-ring (bicyclic) bond motifs is 1. The largest absolute Gasteiger partial charge is 0.318 e. The molecule has 0 N–H and O–H groups in total. The monoisotopic (exact) mass is 323 g/mol. The molecule has 0 saturated carbocycles. The summed E-state index contributed by atoms with van der Waals surface area (Å²) in [6, 6.07) is 0. The third-order valence-electron chi connectivity index (χ3n) is 4.70. The number of carbonyl (C=O) groups is 1. The first-order valence-electron chi connectivity index (χ1n) is 8.80. The molecule has 0 atom stereocenters. The first-order chi connectivity index (χ1) is 10.6. The Morgan fingerprint density at radius 1 is 1.05 bits per heavy atom. The van der Waals surface area contributed by atoms with Crippen LogP contribution in [-0.2, 0) is 31.7 Å². The zero-order valence-electron chi connectivity index (χ0n) is 14.5. The van der Waals surface area contributed by atoms with E-state index in [1.54, 1.807) is 18.7 Å². The van der Waals surface area contributed by atoms with Crippen molar-refractivity contribution in [2.24, 2.45) is 14.1 Å². The van der Waals surface area contributed by atoms with E-state index in [1.807, 2.05) is 0 Å². The minimum absolute atomic E-state index is 0.250. The summed E-state index contributed by atoms with van der Waals surface area (Å²) in [4.78, 5) is 11.3. The number of thioether (sulfide) groups is 1. The van der Waals surface area contributed by atoms with Gasteiger partial charge in [-0.1, -0.05) is 38.5 Å². The highest BCUT2D eigenvalue weighted by Crippen LogP contribution is 2.23. The summed E-state index contributed by atoms with van der Waals surface area (Å²) in [6.45, 7) is 1.67. The molecule has 1 aliphatic carbocycles. The molecule has 124 valence electrons. The molecule has 0 saturated heterocycles. The Balaban J connectivity index is 2.21. The van der Waals surface area contributed by atoms with E-state index >= 15 is 0 Å². The topological polar surface area (TPSA) is 25.9 Å². The molecule has 3 nitrogen and oxygen atoms in total. The maximum absolute atomic E-state index is 11.3. The Hall–Kier alpha value is -0.770. The predicted octanol–water partition coefficient (Wildman–Crippen LogP) is 3.75. The minimum Gasteiger partial charge on any atom is -0.299 e. The third-order valence-corrected chi connectivity index (χ3v) is 6.06. The van der Waals surface area contributed by atoms with Crippen molar-refractivity contribution >= 4 is 17.5 Å². The molecule has 0 spiro atoms. The van der Waals surface area contributed by atoms with Crippen LogP contribution in [0.5, 0.6) is 0 Å². The number of ketones is 1. The maximum atomic E-state index is 11.3. The van der Waals surface area contributed by atoms with Gasteiger partial charge in [0, 0.05) is 12.8 Å². The van der Waals surface area contributed by atoms with Crippen molar-refractivity contribution in [3.8, 4) is 0 Å². The molecule has 1 aliphatic rings. The van der Waals surface area contributed by atoms with Crippen LogP contribution < -0.4 is 4.57 Å². The summed E-state index contributed by atoms with van der Waals surface area (Å²) in [5, 5.41) is 1.23. The van der Waals surface area contributed by atoms with Gasteiger partial charge in [-0.15, -0.1) is 0 Å². The van der Waals surface area contributed by atoms with E-state index in [4.69, 9.17) is 0 Å². The van der Waals surface area contributed by atoms with Gasteiger partial charge < -0.3 is 0 Å². The third kappa shape index (κ3) is 4.61. The molecule has 0 aliphatic heterocycles. The second-order valence-electron chi connectivity index (χ2n) is 6.61. The lowest BCUT2D eigenvalue weighted by molar-refractivity contribution is -0.716. The van der Waals surface area contributed by atoms with Crippen LogP contribution in [0, 0.1) is 0 Å². The van der Waals surface area contributed by atoms with Crippen molar-refractivity contribution in [2.75, 3.05) is 5.75 Å². The zero-order chi connectivity index (χ0) is 15.9. The number of Topliss-reactive ketones (excluding diaryl/α,β-unsaturated/α-hetero) is 1. The summed E-state index contributed by atoms with van der Waals surface area (Å²) in [5.74, 6) is 0.824. The Labute approximate surface area is 139 Å². The smallest absolute Gasteiger partial charge is 0.299 e. The average Bonchev–Trinajstić information content (AvgIpc) is 2.68. The molecule has 1 aromatic rings. The highest BCUT2D eigenvalue weighted by Gasteiger charge is 2.26. The Morgan fingerprint density at radius 2 is 1.59 bits per heavy atom. The number of imidazole rings is 1. The minimum atomic E-state index is 0.250. The zero-order valence-corrected chi connectivity index (χ0v) is 15.3. The van der Waals surface area contributed by atoms with Crippen molar-refractivity contribution in [1.82, 2.24) is 4.57 Å². The first-order valence-corrected chi connectivity index (χ1v) is 9.78. The number of aromatic nitrogens is 2. The van der Waals surface area contributed by atoms with E-state index in [-0.39, 0.29) is 5.78 Å². The Morgan fingerprint density at radius 3 is 2.18 bits per heavy atom. The number of hydrogen-bond donors (Lipinski definition) is 0. The second kappa shape index (κ2) is 8.76. The van der Waals surface area contributed by atoms with Crippen molar-refractivity contribution in [3.63, 3.8) is 0 Å². The number of nitrogens with zero attached hydrogens (tertiary/aromatic N) is 2. The summed E-state index contributed by atoms with van der Waals surface area (Å²) in [6.07, 6.45) is 13.2. The van der Waals surface area contributed by atoms with Gasteiger partial charge in [0.2, 0.25) is 0 Å². The van der Waals surface area contributed by atoms with Crippen LogP contribution in [0.3, 0.4) is 0 Å². The van der Waals surface area contributed by atoms with Gasteiger partial charge in [0.15, 0.2) is 0 Å². The highest BCUT2D eigenvalue weighted by atomic mass is 32.2. The van der Waals surface area contributed by atoms with Gasteiger partial charge in [-0.3, -0.25) is 4.79 Å². The lowest BCUT2D eigenvalue weighted by Gasteiger charge is -2.06. The van der Waals surface area contributed by atoms with Crippen LogP contribution in [0.4, 0.5) is 0 Å². The molecular weight excluding hydrogens is 292 g/mol. The lowest BCUT2D eigenvalue weighted by Crippen LogP contribution is -2.34. The maximum Gasteiger partial charge on any atom is 0.318 e. The van der Waals surface area contributed by atoms with Crippen LogP contribution >= 0.6 is 11.8 Å². The molecule has 0 bridgehead atoms. The quantitative estimate of drug-likeness (QED) is 0.625. The molecular formula is C18H31N2OS+. The molecule has 0 amide bonds. The van der Waals surface area contributed by atoms with Crippen molar-refractivity contribution in [3.05, 3.63) is 11.4 Å². The molecule has 1 heterocycles. The highest BCUT2D eigenvalue weighted by molar-refractivity contribution is 7.99. The van der Waals surface area contributed by atoms with Gasteiger partial charge in [0.1, 0.15) is 17.2 Å². The summed E-state index contributed by atoms with van der Waals surface area (Å²) in [7, 11) is 4.35. The standard InChI is InChI=1S/C18H31N2OS/c1-15(21)14-22-18-19(2)16-12-10-8-6-4-5-7-9-11-13-17(16)20(18)3/h4-14H2,1-3H3/q+1. The number of hydrogen-bond acceptors (Lipinski definition) is 2. The summed E-state index contributed by atoms with van der Waals surface area (Å²) in [5.41, 5.74) is 2.99. The van der Waals surface area contributed by atoms with Crippen LogP contribution in [0.15, 0.2) is 5.16 Å². The summed E-state index contributed by atoms with van der Waals surface area (Å²) < 4.78 is 4.68. The SMILES string of the molecule is CC(=O)CSc1n(C)c2c([n+]1C)CCCCCCCCCC2. The van der Waals surface area contributed by atoms with Crippen molar-refractivity contribution in [2.45, 2.75) is 76.3 Å². The second-order valence-corrected chi connectivity index (χ2v) is 7.56. The van der Waals surface area contributed by atoms with Gasteiger partial charge in [0.25, 0.3) is 0 Å². The fourth-order valence-electron chi connectivity index (χ4n) is 3.47. The van der Waals surface area contributed by atoms with Crippen LogP contribution in [0.2, 0.25) is 0 Å². The fraction of sp³-hybridized carbons (Fsp3) is 0.778. The van der Waals surface area contributed by atoms with Crippen LogP contribution in [0.1, 0.15) is 69.7 Å². The lowest BCUT2D eigenvalue weighted by atomic mass is 10.0. The Bertz CT molecular complexity index is 472. The van der Waals surface area contributed by atoms with E-state index in [9.17, 15) is 4.79 Å². The molecule has 1 aromatic heterocycles. The molecule has 0 radical (unpaired) electrons. The summed E-state index contributed by atoms with van der Waals surface area (Å²) >= 11 is 1.68. The van der Waals surface area contributed by atoms with Crippen molar-refractivity contribution < 1.29 is 9.36 Å². The van der Waals surface area contributed by atoms with E-state index < -0.39 is 0 Å². The van der Waals surface area contributed by atoms with Crippen molar-refractivity contribution in [1.29, 1.82) is 0 Å². The van der Waals surface area contributed by atoms with Gasteiger partial charge in [-0.2, -0.15) is 0 Å². The normalized spacial score (nSPS) is 17.4. The number of carbonyl (C=O) groups excluding carboxylic acids is 1. The van der Waals surface area contributed by atoms with Crippen LogP contribution in [0.25, 0.3) is 0 Å². The average molecular weight is 324 g/mol. The number of rotatable bonds is 3. The van der Waals surface area contributed by atoms with Gasteiger partial charge in [-0.05, 0) is 31.5 Å². The Kier molecular flexibility index (Phi) is 7.00. The van der Waals surface area contributed by atoms with Crippen LogP contribution in [-0.4, -0.2) is 16.1 Å². The van der Waals surface area contributed by atoms with E-state index in [1.165, 1.54) is 80.8 Å². The molecule has 2 rings (SSSR count). The van der Waals surface area contributed by atoms with Gasteiger partial charge in [0.05, 0.1) is 19.8 Å². The fourth-order valence-corrected chi connectivity index (χ4v) is 4.41. The van der Waals surface area contributed by atoms with E-state index in [0.29, 0.717) is 5.75 Å². The van der Waals surface area contributed by atoms with Gasteiger partial charge in [-0.25, -0.2) is 9.13 Å². The molecule has 22 heavy (non-hydrogen) atoms. The molecule has 4 heteroatoms. The predicted molar refractivity (Wildman–Crippen MR) is 92.3 cm³/mol. The molecule has 0 aromatic carbocycles.